The number of aryl methyl sites for hydroxylation is 1. The number of fused-ring (bicyclic) bond motifs is 1. The van der Waals surface area contributed by atoms with E-state index >= 15 is 0 Å². The van der Waals surface area contributed by atoms with E-state index in [4.69, 9.17) is 4.74 Å². The van der Waals surface area contributed by atoms with Crippen LogP contribution in [0.4, 0.5) is 19.0 Å². The number of amides is 1. The van der Waals surface area contributed by atoms with E-state index in [-0.39, 0.29) is 23.5 Å². The van der Waals surface area contributed by atoms with Gasteiger partial charge in [-0.2, -0.15) is 13.2 Å². The van der Waals surface area contributed by atoms with Gasteiger partial charge in [0.1, 0.15) is 17.6 Å². The van der Waals surface area contributed by atoms with Crippen molar-refractivity contribution in [3.05, 3.63) is 83.3 Å². The Hall–Kier alpha value is -4.54. The van der Waals surface area contributed by atoms with Gasteiger partial charge in [-0.3, -0.25) is 14.5 Å². The van der Waals surface area contributed by atoms with Crippen LogP contribution in [0.5, 0.6) is 0 Å². The molecule has 4 aromatic rings. The van der Waals surface area contributed by atoms with Crippen molar-refractivity contribution in [3.63, 3.8) is 0 Å². The van der Waals surface area contributed by atoms with Crippen molar-refractivity contribution in [2.75, 3.05) is 12.0 Å². The van der Waals surface area contributed by atoms with Gasteiger partial charge in [0.15, 0.2) is 5.82 Å². The predicted molar refractivity (Wildman–Crippen MR) is 135 cm³/mol. The van der Waals surface area contributed by atoms with Crippen LogP contribution >= 0.6 is 0 Å². The van der Waals surface area contributed by atoms with Gasteiger partial charge >= 0.3 is 12.1 Å². The molecule has 1 saturated carbocycles. The van der Waals surface area contributed by atoms with Crippen molar-refractivity contribution < 1.29 is 27.5 Å². The molecule has 1 aliphatic carbocycles. The molecule has 2 aromatic carbocycles. The lowest BCUT2D eigenvalue weighted by molar-refractivity contribution is -0.143. The lowest BCUT2D eigenvalue weighted by Crippen LogP contribution is -2.27. The van der Waals surface area contributed by atoms with Gasteiger partial charge < -0.3 is 9.30 Å². The molecule has 0 atom stereocenters. The highest BCUT2D eigenvalue weighted by molar-refractivity contribution is 6.10. The number of carbonyl (C=O) groups is 2. The second-order valence-electron chi connectivity index (χ2n) is 9.70. The maximum Gasteiger partial charge on any atom is 0.416 e. The van der Waals surface area contributed by atoms with Gasteiger partial charge in [0.25, 0.3) is 5.91 Å². The molecule has 6 rings (SSSR count). The molecular weight excluding hydrogens is 511 g/mol. The molecule has 3 heterocycles. The summed E-state index contributed by atoms with van der Waals surface area (Å²) < 4.78 is 48.1. The number of anilines is 1. The van der Waals surface area contributed by atoms with Gasteiger partial charge in [-0.1, -0.05) is 30.3 Å². The minimum absolute atomic E-state index is 0.0211. The molecule has 1 fully saturated rings. The maximum absolute atomic E-state index is 13.7. The van der Waals surface area contributed by atoms with E-state index in [0.29, 0.717) is 29.9 Å². The predicted octanol–water partition coefficient (Wildman–Crippen LogP) is 4.93. The molecule has 0 unspecified atom stereocenters. The summed E-state index contributed by atoms with van der Waals surface area (Å²) in [6.07, 6.45) is -2.02. The zero-order chi connectivity index (χ0) is 27.5. The first-order valence-corrected chi connectivity index (χ1v) is 12.2. The number of hydrogen-bond acceptors (Lipinski definition) is 6. The first-order valence-electron chi connectivity index (χ1n) is 12.2. The van der Waals surface area contributed by atoms with Crippen molar-refractivity contribution in [3.8, 4) is 22.5 Å². The number of halogens is 3. The number of rotatable bonds is 5. The Labute approximate surface area is 221 Å². The largest absolute Gasteiger partial charge is 0.468 e. The van der Waals surface area contributed by atoms with E-state index in [2.05, 4.69) is 15.2 Å². The summed E-state index contributed by atoms with van der Waals surface area (Å²) in [4.78, 5) is 32.1. The number of carbonyl (C=O) groups excluding carboxylic acids is 2. The summed E-state index contributed by atoms with van der Waals surface area (Å²) in [5, 5.41) is 8.19. The summed E-state index contributed by atoms with van der Waals surface area (Å²) in [6, 6.07) is 14.5. The van der Waals surface area contributed by atoms with Gasteiger partial charge in [-0.25, -0.2) is 4.98 Å². The van der Waals surface area contributed by atoms with Gasteiger partial charge in [0.05, 0.1) is 24.9 Å². The molecule has 11 heteroatoms. The van der Waals surface area contributed by atoms with Crippen molar-refractivity contribution in [2.24, 2.45) is 7.05 Å². The number of ether oxygens (including phenoxy) is 1. The first kappa shape index (κ1) is 24.8. The topological polar surface area (TPSA) is 90.2 Å². The quantitative estimate of drug-likeness (QED) is 0.338. The van der Waals surface area contributed by atoms with Crippen molar-refractivity contribution in [1.29, 1.82) is 0 Å². The van der Waals surface area contributed by atoms with Crippen LogP contribution in [0.25, 0.3) is 22.5 Å². The lowest BCUT2D eigenvalue weighted by Gasteiger charge is -2.21. The van der Waals surface area contributed by atoms with Crippen LogP contribution < -0.4 is 4.90 Å². The van der Waals surface area contributed by atoms with Gasteiger partial charge in [0.2, 0.25) is 0 Å². The molecule has 198 valence electrons. The number of benzene rings is 2. The van der Waals surface area contributed by atoms with Crippen LogP contribution in [0.2, 0.25) is 0 Å². The van der Waals surface area contributed by atoms with E-state index in [1.54, 1.807) is 23.0 Å². The highest BCUT2D eigenvalue weighted by Crippen LogP contribution is 2.50. The third-order valence-corrected chi connectivity index (χ3v) is 7.37. The van der Waals surface area contributed by atoms with Crippen LogP contribution in [0.3, 0.4) is 0 Å². The van der Waals surface area contributed by atoms with E-state index in [9.17, 15) is 22.8 Å². The molecule has 2 aliphatic rings. The number of methoxy groups -OCH3 is 1. The first-order chi connectivity index (χ1) is 18.6. The molecule has 0 radical (unpaired) electrons. The number of pyridine rings is 1. The maximum atomic E-state index is 13.7. The second-order valence-corrected chi connectivity index (χ2v) is 9.70. The molecule has 2 aromatic heterocycles. The van der Waals surface area contributed by atoms with E-state index in [1.807, 2.05) is 31.3 Å². The Morgan fingerprint density at radius 2 is 1.74 bits per heavy atom. The molecule has 0 saturated heterocycles. The van der Waals surface area contributed by atoms with E-state index in [1.165, 1.54) is 24.1 Å². The Bertz CT molecular complexity index is 1640. The van der Waals surface area contributed by atoms with Crippen LogP contribution in [-0.2, 0) is 34.7 Å². The minimum atomic E-state index is -4.61. The Balaban J connectivity index is 1.53. The highest BCUT2D eigenvalue weighted by atomic mass is 19.4. The third-order valence-electron chi connectivity index (χ3n) is 7.37. The van der Waals surface area contributed by atoms with Gasteiger partial charge in [-0.15, -0.1) is 10.2 Å². The van der Waals surface area contributed by atoms with Gasteiger partial charge in [0, 0.05) is 18.2 Å². The highest BCUT2D eigenvalue weighted by Gasteiger charge is 2.54. The molecule has 39 heavy (non-hydrogen) atoms. The number of hydrogen-bond donors (Lipinski definition) is 0. The standard InChI is InChI=1S/C28H22F3N5O3/c1-35-15-32-34-24(35)18-7-4-3-6-17(18)16-12-22(27(10-11-27)26(38)39-2)33-23(13-16)36-14-20-19(25(36)37)8-5-9-21(20)28(29,30)31/h3-9,12-13,15H,10-11,14H2,1-2H3. The number of nitrogens with zero attached hydrogens (tertiary/aromatic N) is 5. The average Bonchev–Trinajstić information content (AvgIpc) is 3.53. The van der Waals surface area contributed by atoms with Crippen LogP contribution in [0.1, 0.15) is 40.0 Å². The van der Waals surface area contributed by atoms with Crippen molar-refractivity contribution >= 4 is 17.7 Å². The Morgan fingerprint density at radius 3 is 2.38 bits per heavy atom. The molecule has 8 nitrogen and oxygen atoms in total. The molecule has 0 spiro atoms. The van der Waals surface area contributed by atoms with Crippen LogP contribution in [-0.4, -0.2) is 38.7 Å². The lowest BCUT2D eigenvalue weighted by atomic mass is 9.94. The smallest absolute Gasteiger partial charge is 0.416 e. The Kier molecular flexibility index (Phi) is 5.56. The summed E-state index contributed by atoms with van der Waals surface area (Å²) in [6.45, 7) is -0.296. The minimum Gasteiger partial charge on any atom is -0.468 e. The summed E-state index contributed by atoms with van der Waals surface area (Å²) in [5.74, 6) is -0.287. The fourth-order valence-electron chi connectivity index (χ4n) is 5.18. The fraction of sp³-hybridized carbons (Fsp3) is 0.250. The Morgan fingerprint density at radius 1 is 1.03 bits per heavy atom. The summed E-state index contributed by atoms with van der Waals surface area (Å²) in [5.41, 5.74) is 0.556. The van der Waals surface area contributed by atoms with Crippen molar-refractivity contribution in [2.45, 2.75) is 31.0 Å². The summed E-state index contributed by atoms with van der Waals surface area (Å²) >= 11 is 0. The molecule has 0 bridgehead atoms. The van der Waals surface area contributed by atoms with Crippen LogP contribution in [0, 0.1) is 0 Å². The summed E-state index contributed by atoms with van der Waals surface area (Å²) in [7, 11) is 3.11. The number of alkyl halides is 3. The normalized spacial score (nSPS) is 15.8. The zero-order valence-electron chi connectivity index (χ0n) is 21.0. The second kappa shape index (κ2) is 8.75. The SMILES string of the molecule is COC(=O)C1(c2cc(-c3ccccc3-c3nncn3C)cc(N3Cc4c(cccc4C(F)(F)F)C3=O)n2)CC1. The van der Waals surface area contributed by atoms with Crippen molar-refractivity contribution in [1.82, 2.24) is 19.7 Å². The zero-order valence-corrected chi connectivity index (χ0v) is 21.0. The molecule has 1 amide bonds. The van der Waals surface area contributed by atoms with Gasteiger partial charge in [-0.05, 0) is 53.8 Å². The average molecular weight is 534 g/mol. The van der Waals surface area contributed by atoms with E-state index in [0.717, 1.165) is 17.2 Å². The third kappa shape index (κ3) is 3.96. The molecular formula is C28H22F3N5O3. The fourth-order valence-corrected chi connectivity index (χ4v) is 5.18. The number of esters is 1. The number of aromatic nitrogens is 4. The molecule has 0 N–H and O–H groups in total. The van der Waals surface area contributed by atoms with E-state index < -0.39 is 29.0 Å². The monoisotopic (exact) mass is 533 g/mol. The van der Waals surface area contributed by atoms with Crippen LogP contribution in [0.15, 0.2) is 60.9 Å². The molecule has 1 aliphatic heterocycles.